The average molecular weight is 509 g/mol. The molecule has 35 heavy (non-hydrogen) atoms. The zero-order chi connectivity index (χ0) is 25.1. The number of para-hydroxylation sites is 1. The van der Waals surface area contributed by atoms with Gasteiger partial charge in [-0.25, -0.2) is 4.98 Å². The van der Waals surface area contributed by atoms with Gasteiger partial charge in [0, 0.05) is 34.8 Å². The van der Waals surface area contributed by atoms with E-state index in [0.29, 0.717) is 44.3 Å². The van der Waals surface area contributed by atoms with Crippen molar-refractivity contribution in [1.82, 2.24) is 9.97 Å². The van der Waals surface area contributed by atoms with Gasteiger partial charge in [-0.3, -0.25) is 9.78 Å². The molecule has 0 saturated carbocycles. The predicted octanol–water partition coefficient (Wildman–Crippen LogP) is 6.80. The summed E-state index contributed by atoms with van der Waals surface area (Å²) in [6.07, 6.45) is 4.66. The summed E-state index contributed by atoms with van der Waals surface area (Å²) in [5, 5.41) is 8.46. The van der Waals surface area contributed by atoms with Crippen molar-refractivity contribution in [2.75, 3.05) is 24.9 Å². The number of nitrogens with one attached hydrogen (secondary N) is 2. The molecule has 7 nitrogen and oxygen atoms in total. The second kappa shape index (κ2) is 10.2. The van der Waals surface area contributed by atoms with Crippen molar-refractivity contribution in [2.45, 2.75) is 6.92 Å². The molecule has 2 heterocycles. The van der Waals surface area contributed by atoms with Gasteiger partial charge in [0.2, 0.25) is 5.91 Å². The fraction of sp³-hybridized carbons (Fsp3) is 0.115. The number of halogens is 2. The topological polar surface area (TPSA) is 85.4 Å². The molecule has 0 unspecified atom stereocenters. The second-order valence-corrected chi connectivity index (χ2v) is 8.34. The van der Waals surface area contributed by atoms with Crippen LogP contribution in [0.5, 0.6) is 11.5 Å². The van der Waals surface area contributed by atoms with Gasteiger partial charge in [-0.1, -0.05) is 41.9 Å². The van der Waals surface area contributed by atoms with E-state index in [-0.39, 0.29) is 5.91 Å². The summed E-state index contributed by atoms with van der Waals surface area (Å²) in [5.41, 5.74) is 3.37. The molecule has 9 heteroatoms. The lowest BCUT2D eigenvalue weighted by molar-refractivity contribution is -0.111. The maximum atomic E-state index is 11.8. The first-order valence-electron chi connectivity index (χ1n) is 10.5. The van der Waals surface area contributed by atoms with Crippen LogP contribution in [0.15, 0.2) is 61.4 Å². The Balaban J connectivity index is 1.72. The van der Waals surface area contributed by atoms with E-state index in [1.54, 1.807) is 18.5 Å². The van der Waals surface area contributed by atoms with E-state index in [0.717, 1.165) is 22.0 Å². The Labute approximate surface area is 212 Å². The van der Waals surface area contributed by atoms with Gasteiger partial charge in [0.1, 0.15) is 17.3 Å². The molecule has 2 aromatic carbocycles. The number of benzene rings is 2. The van der Waals surface area contributed by atoms with Crippen LogP contribution in [-0.2, 0) is 4.79 Å². The zero-order valence-corrected chi connectivity index (χ0v) is 20.8. The summed E-state index contributed by atoms with van der Waals surface area (Å²) in [6, 6.07) is 11.0. The van der Waals surface area contributed by atoms with Crippen LogP contribution in [0.3, 0.4) is 0 Å². The van der Waals surface area contributed by atoms with Crippen molar-refractivity contribution in [1.29, 1.82) is 0 Å². The number of nitrogens with zero attached hydrogens (tertiary/aromatic N) is 2. The van der Waals surface area contributed by atoms with Gasteiger partial charge in [-0.2, -0.15) is 0 Å². The number of ether oxygens (including phenoxy) is 2. The van der Waals surface area contributed by atoms with E-state index < -0.39 is 0 Å². The number of amides is 1. The second-order valence-electron chi connectivity index (χ2n) is 7.59. The quantitative estimate of drug-likeness (QED) is 0.267. The van der Waals surface area contributed by atoms with Gasteiger partial charge < -0.3 is 20.1 Å². The van der Waals surface area contributed by atoms with Gasteiger partial charge in [0.05, 0.1) is 41.3 Å². The molecule has 2 N–H and O–H groups in total. The van der Waals surface area contributed by atoms with Crippen LogP contribution < -0.4 is 20.1 Å². The Morgan fingerprint density at radius 3 is 2.31 bits per heavy atom. The number of rotatable bonds is 7. The van der Waals surface area contributed by atoms with Crippen molar-refractivity contribution in [3.8, 4) is 22.8 Å². The number of aryl methyl sites for hydroxylation is 1. The number of hydrogen-bond acceptors (Lipinski definition) is 6. The maximum absolute atomic E-state index is 11.8. The van der Waals surface area contributed by atoms with E-state index in [4.69, 9.17) is 32.7 Å². The van der Waals surface area contributed by atoms with Gasteiger partial charge in [-0.05, 0) is 36.8 Å². The van der Waals surface area contributed by atoms with Crippen LogP contribution in [-0.4, -0.2) is 30.1 Å². The molecule has 0 saturated heterocycles. The van der Waals surface area contributed by atoms with Crippen molar-refractivity contribution in [2.24, 2.45) is 0 Å². The zero-order valence-electron chi connectivity index (χ0n) is 19.3. The summed E-state index contributed by atoms with van der Waals surface area (Å²) >= 11 is 13.1. The standard InChI is InChI=1S/C26H22Cl2N4O3/c1-5-22(33)31-17-8-6-7-14(2)26(17)32-21-10-16-12-29-18(9-15(16)13-30-21)23-24(27)19(34-3)11-20(35-4)25(23)28/h5-13H,1H2,2-4H3,(H,30,32)(H,31,33). The first kappa shape index (κ1) is 24.3. The van der Waals surface area contributed by atoms with Crippen molar-refractivity contribution in [3.63, 3.8) is 0 Å². The molecule has 1 amide bonds. The highest BCUT2D eigenvalue weighted by Crippen LogP contribution is 2.45. The third-order valence-electron chi connectivity index (χ3n) is 5.40. The molecule has 0 fully saturated rings. The van der Waals surface area contributed by atoms with Crippen LogP contribution >= 0.6 is 23.2 Å². The summed E-state index contributed by atoms with van der Waals surface area (Å²) in [4.78, 5) is 21.0. The van der Waals surface area contributed by atoms with Crippen molar-refractivity contribution < 1.29 is 14.3 Å². The maximum Gasteiger partial charge on any atom is 0.247 e. The number of fused-ring (bicyclic) bond motifs is 1. The first-order valence-corrected chi connectivity index (χ1v) is 11.3. The molecule has 4 rings (SSSR count). The SMILES string of the molecule is C=CC(=O)Nc1cccc(C)c1Nc1cc2cnc(-c3c(Cl)c(OC)cc(OC)c3Cl)cc2cn1. The van der Waals surface area contributed by atoms with Gasteiger partial charge in [-0.15, -0.1) is 0 Å². The van der Waals surface area contributed by atoms with Crippen molar-refractivity contribution in [3.05, 3.63) is 77.1 Å². The largest absolute Gasteiger partial charge is 0.495 e. The monoisotopic (exact) mass is 508 g/mol. The Hall–Kier alpha value is -3.81. The molecule has 2 aromatic heterocycles. The summed E-state index contributed by atoms with van der Waals surface area (Å²) in [5.74, 6) is 1.16. The molecule has 0 bridgehead atoms. The van der Waals surface area contributed by atoms with Crippen LogP contribution in [0, 0.1) is 6.92 Å². The molecule has 0 aliphatic carbocycles. The summed E-state index contributed by atoms with van der Waals surface area (Å²) in [6.45, 7) is 5.44. The van der Waals surface area contributed by atoms with Crippen LogP contribution in [0.25, 0.3) is 22.0 Å². The highest BCUT2D eigenvalue weighted by molar-refractivity contribution is 6.41. The van der Waals surface area contributed by atoms with Crippen molar-refractivity contribution >= 4 is 57.1 Å². The normalized spacial score (nSPS) is 10.7. The van der Waals surface area contributed by atoms with Crippen LogP contribution in [0.2, 0.25) is 10.0 Å². The van der Waals surface area contributed by atoms with Gasteiger partial charge in [0.15, 0.2) is 0 Å². The fourth-order valence-corrected chi connectivity index (χ4v) is 4.30. The third kappa shape index (κ3) is 4.87. The predicted molar refractivity (Wildman–Crippen MR) is 141 cm³/mol. The fourth-order valence-electron chi connectivity index (χ4n) is 3.60. The number of hydrogen-bond donors (Lipinski definition) is 2. The van der Waals surface area contributed by atoms with Gasteiger partial charge in [0.25, 0.3) is 0 Å². The lowest BCUT2D eigenvalue weighted by Crippen LogP contribution is -2.10. The molecule has 0 radical (unpaired) electrons. The first-order chi connectivity index (χ1) is 16.9. The molecule has 4 aromatic rings. The average Bonchev–Trinajstić information content (AvgIpc) is 2.86. The van der Waals surface area contributed by atoms with Gasteiger partial charge >= 0.3 is 0 Å². The van der Waals surface area contributed by atoms with Crippen LogP contribution in [0.4, 0.5) is 17.2 Å². The number of carbonyl (C=O) groups excluding carboxylic acids is 1. The minimum Gasteiger partial charge on any atom is -0.495 e. The minimum absolute atomic E-state index is 0.298. The highest BCUT2D eigenvalue weighted by Gasteiger charge is 2.20. The number of carbonyl (C=O) groups is 1. The molecule has 0 aliphatic rings. The lowest BCUT2D eigenvalue weighted by Gasteiger charge is -2.16. The highest BCUT2D eigenvalue weighted by atomic mass is 35.5. The minimum atomic E-state index is -0.298. The molecular weight excluding hydrogens is 487 g/mol. The molecule has 0 aliphatic heterocycles. The lowest BCUT2D eigenvalue weighted by atomic mass is 10.1. The van der Waals surface area contributed by atoms with E-state index in [2.05, 4.69) is 27.2 Å². The number of pyridine rings is 2. The Kier molecular flexibility index (Phi) is 7.10. The number of methoxy groups -OCH3 is 2. The summed E-state index contributed by atoms with van der Waals surface area (Å²) < 4.78 is 10.7. The van der Waals surface area contributed by atoms with E-state index in [9.17, 15) is 4.79 Å². The molecule has 0 spiro atoms. The Morgan fingerprint density at radius 2 is 1.66 bits per heavy atom. The molecular formula is C26H22Cl2N4O3. The van der Waals surface area contributed by atoms with E-state index in [1.807, 2.05) is 37.3 Å². The van der Waals surface area contributed by atoms with E-state index in [1.165, 1.54) is 20.3 Å². The number of aromatic nitrogens is 2. The number of anilines is 3. The molecule has 0 atom stereocenters. The molecule has 178 valence electrons. The smallest absolute Gasteiger partial charge is 0.247 e. The van der Waals surface area contributed by atoms with Crippen LogP contribution in [0.1, 0.15) is 5.56 Å². The van der Waals surface area contributed by atoms with E-state index >= 15 is 0 Å². The Bertz CT molecular complexity index is 1430. The Morgan fingerprint density at radius 1 is 1.00 bits per heavy atom. The third-order valence-corrected chi connectivity index (χ3v) is 6.15. The summed E-state index contributed by atoms with van der Waals surface area (Å²) in [7, 11) is 3.04.